The minimum Gasteiger partial charge on any atom is -0.413 e. The zero-order valence-electron chi connectivity index (χ0n) is 15.0. The molecule has 0 N–H and O–H groups in total. The number of amides is 1. The standard InChI is InChI=1S/C18H31NO2Si/c1-8-14-10-9-11-19-15(12-14)16(17(19)20)13(2)21-22(6,7)18(3,4)5/h8,10,13,15-16H,1,9,11-12H2,2-7H3/t13-,15-,16-/m1/s1. The Bertz CT molecular complexity index is 490. The molecule has 4 heteroatoms. The van der Waals surface area contributed by atoms with Crippen LogP contribution in [0.1, 0.15) is 40.5 Å². The van der Waals surface area contributed by atoms with E-state index in [2.05, 4.69) is 53.4 Å². The number of rotatable bonds is 4. The highest BCUT2D eigenvalue weighted by molar-refractivity contribution is 6.74. The third-order valence-corrected chi connectivity index (χ3v) is 10.2. The summed E-state index contributed by atoms with van der Waals surface area (Å²) in [6, 6.07) is 0.291. The minimum atomic E-state index is -1.84. The second-order valence-electron chi connectivity index (χ2n) is 8.18. The summed E-state index contributed by atoms with van der Waals surface area (Å²) < 4.78 is 6.48. The van der Waals surface area contributed by atoms with Crippen LogP contribution < -0.4 is 0 Å². The number of fused-ring (bicyclic) bond motifs is 1. The molecule has 0 saturated carbocycles. The van der Waals surface area contributed by atoms with Crippen molar-refractivity contribution in [3.05, 3.63) is 24.3 Å². The predicted octanol–water partition coefficient (Wildman–Crippen LogP) is 4.13. The summed E-state index contributed by atoms with van der Waals surface area (Å²) >= 11 is 0. The van der Waals surface area contributed by atoms with Crippen LogP contribution in [0.3, 0.4) is 0 Å². The normalized spacial score (nSPS) is 27.5. The third-order valence-electron chi connectivity index (χ3n) is 5.66. The molecule has 0 bridgehead atoms. The van der Waals surface area contributed by atoms with Gasteiger partial charge in [-0.05, 0) is 37.9 Å². The van der Waals surface area contributed by atoms with Gasteiger partial charge in [0.25, 0.3) is 0 Å². The summed E-state index contributed by atoms with van der Waals surface area (Å²) in [5.41, 5.74) is 1.27. The van der Waals surface area contributed by atoms with Crippen LogP contribution in [0.15, 0.2) is 24.3 Å². The lowest BCUT2D eigenvalue weighted by atomic mass is 9.80. The van der Waals surface area contributed by atoms with Gasteiger partial charge in [-0.15, -0.1) is 0 Å². The Morgan fingerprint density at radius 1 is 1.45 bits per heavy atom. The van der Waals surface area contributed by atoms with Crippen LogP contribution in [-0.4, -0.2) is 37.8 Å². The molecular weight excluding hydrogens is 290 g/mol. The first-order valence-corrected chi connectivity index (χ1v) is 11.3. The second-order valence-corrected chi connectivity index (χ2v) is 12.9. The maximum Gasteiger partial charge on any atom is 0.230 e. The molecule has 0 radical (unpaired) electrons. The molecule has 1 amide bonds. The zero-order chi connectivity index (χ0) is 16.7. The number of allylic oxidation sites excluding steroid dienone is 1. The fourth-order valence-electron chi connectivity index (χ4n) is 3.25. The number of hydrogen-bond donors (Lipinski definition) is 0. The average Bonchev–Trinajstić information content (AvgIpc) is 2.56. The Hall–Kier alpha value is -0.873. The van der Waals surface area contributed by atoms with Crippen molar-refractivity contribution in [1.29, 1.82) is 0 Å². The number of carbonyl (C=O) groups excluding carboxylic acids is 1. The molecule has 0 aromatic heterocycles. The first kappa shape index (κ1) is 17.5. The van der Waals surface area contributed by atoms with E-state index in [1.807, 2.05) is 11.0 Å². The molecule has 2 aliphatic rings. The van der Waals surface area contributed by atoms with Crippen molar-refractivity contribution in [3.63, 3.8) is 0 Å². The topological polar surface area (TPSA) is 29.5 Å². The van der Waals surface area contributed by atoms with E-state index in [1.54, 1.807) is 0 Å². The van der Waals surface area contributed by atoms with E-state index in [9.17, 15) is 4.79 Å². The third kappa shape index (κ3) is 3.09. The van der Waals surface area contributed by atoms with Gasteiger partial charge in [-0.1, -0.05) is 45.1 Å². The summed E-state index contributed by atoms with van der Waals surface area (Å²) in [4.78, 5) is 14.6. The van der Waals surface area contributed by atoms with Gasteiger partial charge in [0.05, 0.1) is 12.0 Å². The molecule has 2 heterocycles. The molecule has 124 valence electrons. The molecule has 0 spiro atoms. The van der Waals surface area contributed by atoms with Gasteiger partial charge in [-0.3, -0.25) is 4.79 Å². The van der Waals surface area contributed by atoms with Crippen LogP contribution in [0.5, 0.6) is 0 Å². The first-order chi connectivity index (χ1) is 10.1. The van der Waals surface area contributed by atoms with Gasteiger partial charge >= 0.3 is 0 Å². The molecule has 0 aliphatic carbocycles. The summed E-state index contributed by atoms with van der Waals surface area (Å²) in [6.45, 7) is 18.1. The van der Waals surface area contributed by atoms with Gasteiger partial charge in [-0.2, -0.15) is 0 Å². The molecule has 2 aliphatic heterocycles. The van der Waals surface area contributed by atoms with E-state index in [4.69, 9.17) is 4.43 Å². The molecule has 1 saturated heterocycles. The van der Waals surface area contributed by atoms with Gasteiger partial charge in [0.1, 0.15) is 0 Å². The Labute approximate surface area is 136 Å². The summed E-state index contributed by atoms with van der Waals surface area (Å²) in [5.74, 6) is 0.283. The van der Waals surface area contributed by atoms with Crippen LogP contribution in [-0.2, 0) is 9.22 Å². The Kier molecular flexibility index (Phi) is 4.74. The monoisotopic (exact) mass is 321 g/mol. The molecule has 0 aromatic carbocycles. The molecule has 22 heavy (non-hydrogen) atoms. The molecule has 0 aromatic rings. The van der Waals surface area contributed by atoms with E-state index in [-0.39, 0.29) is 23.0 Å². The Morgan fingerprint density at radius 2 is 2.09 bits per heavy atom. The molecular formula is C18H31NO2Si. The van der Waals surface area contributed by atoms with Gasteiger partial charge in [0.15, 0.2) is 8.32 Å². The second kappa shape index (κ2) is 5.97. The molecule has 0 unspecified atom stereocenters. The highest BCUT2D eigenvalue weighted by atomic mass is 28.4. The van der Waals surface area contributed by atoms with Crippen LogP contribution >= 0.6 is 0 Å². The van der Waals surface area contributed by atoms with E-state index in [1.165, 1.54) is 5.57 Å². The Morgan fingerprint density at radius 3 is 2.64 bits per heavy atom. The maximum atomic E-state index is 12.5. The van der Waals surface area contributed by atoms with Gasteiger partial charge < -0.3 is 9.33 Å². The minimum absolute atomic E-state index is 0.00110. The lowest BCUT2D eigenvalue weighted by molar-refractivity contribution is -0.162. The van der Waals surface area contributed by atoms with Gasteiger partial charge in [-0.25, -0.2) is 0 Å². The van der Waals surface area contributed by atoms with Crippen LogP contribution in [0.4, 0.5) is 0 Å². The van der Waals surface area contributed by atoms with Crippen molar-refractivity contribution in [1.82, 2.24) is 4.90 Å². The highest BCUT2D eigenvalue weighted by Gasteiger charge is 2.52. The fourth-order valence-corrected chi connectivity index (χ4v) is 4.68. The van der Waals surface area contributed by atoms with Crippen LogP contribution in [0, 0.1) is 5.92 Å². The highest BCUT2D eigenvalue weighted by Crippen LogP contribution is 2.42. The number of nitrogens with zero attached hydrogens (tertiary/aromatic N) is 1. The van der Waals surface area contributed by atoms with Crippen LogP contribution in [0.25, 0.3) is 0 Å². The summed E-state index contributed by atoms with van der Waals surface area (Å²) in [6.07, 6.45) is 6.01. The SMILES string of the molecule is C=CC1=CCCN2C(=O)[C@H]([C@@H](C)O[Si](C)(C)C(C)(C)C)[C@H]2C1. The van der Waals surface area contributed by atoms with E-state index < -0.39 is 8.32 Å². The van der Waals surface area contributed by atoms with Crippen molar-refractivity contribution in [2.24, 2.45) is 5.92 Å². The average molecular weight is 322 g/mol. The fraction of sp³-hybridized carbons (Fsp3) is 0.722. The molecule has 3 nitrogen and oxygen atoms in total. The lowest BCUT2D eigenvalue weighted by Gasteiger charge is -2.51. The van der Waals surface area contributed by atoms with Crippen LogP contribution in [0.2, 0.25) is 18.1 Å². The summed E-state index contributed by atoms with van der Waals surface area (Å²) in [5, 5.41) is 0.170. The van der Waals surface area contributed by atoms with Gasteiger partial charge in [0, 0.05) is 12.6 Å². The first-order valence-electron chi connectivity index (χ1n) is 8.38. The van der Waals surface area contributed by atoms with Crippen molar-refractivity contribution in [2.45, 2.75) is 70.8 Å². The number of β-lactam (4-membered cyclic amide) rings is 1. The maximum absolute atomic E-state index is 12.5. The van der Waals surface area contributed by atoms with E-state index >= 15 is 0 Å². The zero-order valence-corrected chi connectivity index (χ0v) is 16.0. The molecule has 2 rings (SSSR count). The lowest BCUT2D eigenvalue weighted by Crippen LogP contribution is -2.65. The number of carbonyl (C=O) groups is 1. The van der Waals surface area contributed by atoms with E-state index in [0.29, 0.717) is 6.04 Å². The summed E-state index contributed by atoms with van der Waals surface area (Å²) in [7, 11) is -1.84. The predicted molar refractivity (Wildman–Crippen MR) is 94.2 cm³/mol. The van der Waals surface area contributed by atoms with Crippen molar-refractivity contribution in [2.75, 3.05) is 6.54 Å². The molecule has 3 atom stereocenters. The quantitative estimate of drug-likeness (QED) is 0.575. The van der Waals surface area contributed by atoms with Crippen molar-refractivity contribution in [3.8, 4) is 0 Å². The van der Waals surface area contributed by atoms with Gasteiger partial charge in [0.2, 0.25) is 5.91 Å². The van der Waals surface area contributed by atoms with Crippen molar-refractivity contribution >= 4 is 14.2 Å². The van der Waals surface area contributed by atoms with E-state index in [0.717, 1.165) is 19.4 Å². The smallest absolute Gasteiger partial charge is 0.230 e. The largest absolute Gasteiger partial charge is 0.413 e. The van der Waals surface area contributed by atoms with Crippen molar-refractivity contribution < 1.29 is 9.22 Å². The number of hydrogen-bond acceptors (Lipinski definition) is 2. The molecule has 1 fully saturated rings. The Balaban J connectivity index is 2.10.